The Morgan fingerprint density at radius 3 is 2.64 bits per heavy atom. The van der Waals surface area contributed by atoms with Crippen LogP contribution in [0.1, 0.15) is 48.8 Å². The Balaban J connectivity index is 1.82. The van der Waals surface area contributed by atoms with Crippen LogP contribution in [0.3, 0.4) is 0 Å². The highest BCUT2D eigenvalue weighted by molar-refractivity contribution is 5.71. The molecule has 36 heavy (non-hydrogen) atoms. The molecule has 1 N–H and O–H groups in total. The van der Waals surface area contributed by atoms with Gasteiger partial charge in [0.2, 0.25) is 5.62 Å². The molecule has 0 amide bonds. The smallest absolute Gasteiger partial charge is 0.335 e. The van der Waals surface area contributed by atoms with Gasteiger partial charge in [0, 0.05) is 12.5 Å². The largest absolute Gasteiger partial charge is 0.469 e. The van der Waals surface area contributed by atoms with E-state index in [0.717, 1.165) is 40.5 Å². The lowest BCUT2D eigenvalue weighted by Crippen LogP contribution is -2.51. The molecule has 0 radical (unpaired) electrons. The summed E-state index contributed by atoms with van der Waals surface area (Å²) in [5.74, 6) is -0.821. The van der Waals surface area contributed by atoms with Crippen molar-refractivity contribution in [3.8, 4) is 0 Å². The predicted molar refractivity (Wildman–Crippen MR) is 138 cm³/mol. The molecule has 0 bridgehead atoms. The molecule has 0 saturated carbocycles. The third kappa shape index (κ3) is 5.82. The summed E-state index contributed by atoms with van der Waals surface area (Å²) in [5.41, 5.74) is 2.79. The number of aromatic amines is 1. The minimum absolute atomic E-state index is 0.0987. The third-order valence-corrected chi connectivity index (χ3v) is 6.49. The quantitative estimate of drug-likeness (QED) is 0.406. The summed E-state index contributed by atoms with van der Waals surface area (Å²) < 4.78 is 7.23. The van der Waals surface area contributed by atoms with Gasteiger partial charge in [-0.3, -0.25) is 14.3 Å². The number of nitrogens with one attached hydrogen (secondary N) is 1. The first-order valence-electron chi connectivity index (χ1n) is 12.2. The number of nitrogens with zero attached hydrogens (tertiary/aromatic N) is 3. The standard InChI is InChI=1S/C28H32N4O4/c1-19-12-14-21(15-13-19)18-31-26(30-27(34)32(28(31)35)17-20(2)25(33)36-3)29-24-11-7-10-23(16-24)22-8-5-4-6-9-22/h5,7-8,10-16,20,22H,4,6,9,17-18H2,1-3H3,(H,29,30,34)/t20-,22?/m0/s1. The number of benzene rings is 2. The number of carbonyl (C=O) groups excluding carboxylic acids is 1. The average Bonchev–Trinajstić information content (AvgIpc) is 2.90. The van der Waals surface area contributed by atoms with E-state index in [4.69, 9.17) is 4.74 Å². The van der Waals surface area contributed by atoms with Crippen LogP contribution in [0.2, 0.25) is 0 Å². The highest BCUT2D eigenvalue weighted by Crippen LogP contribution is 2.29. The monoisotopic (exact) mass is 488 g/mol. The van der Waals surface area contributed by atoms with Gasteiger partial charge in [-0.1, -0.05) is 61.0 Å². The minimum atomic E-state index is -0.662. The van der Waals surface area contributed by atoms with Crippen molar-refractivity contribution < 1.29 is 9.53 Å². The van der Waals surface area contributed by atoms with Gasteiger partial charge >= 0.3 is 17.3 Å². The normalized spacial score (nSPS) is 16.6. The summed E-state index contributed by atoms with van der Waals surface area (Å²) in [6.07, 6.45) is 7.77. The van der Waals surface area contributed by atoms with E-state index in [1.165, 1.54) is 11.7 Å². The number of esters is 1. The zero-order valence-corrected chi connectivity index (χ0v) is 20.9. The second kappa shape index (κ2) is 11.2. The molecule has 3 aromatic rings. The van der Waals surface area contributed by atoms with E-state index in [9.17, 15) is 14.4 Å². The van der Waals surface area contributed by atoms with Crippen LogP contribution in [-0.4, -0.2) is 27.2 Å². The number of carbonyl (C=O) groups is 1. The molecule has 1 aliphatic carbocycles. The zero-order chi connectivity index (χ0) is 25.7. The molecule has 188 valence electrons. The molecule has 8 nitrogen and oxygen atoms in total. The van der Waals surface area contributed by atoms with Gasteiger partial charge in [-0.15, -0.1) is 0 Å². The maximum absolute atomic E-state index is 13.5. The molecule has 2 aromatic carbocycles. The molecule has 0 spiro atoms. The van der Waals surface area contributed by atoms with E-state index in [1.54, 1.807) is 6.92 Å². The number of aryl methyl sites for hydroxylation is 1. The number of rotatable bonds is 7. The number of methoxy groups -OCH3 is 1. The molecule has 1 unspecified atom stereocenters. The fraction of sp³-hybridized carbons (Fsp3) is 0.357. The topological polar surface area (TPSA) is 98.4 Å². The van der Waals surface area contributed by atoms with Crippen molar-refractivity contribution in [1.29, 1.82) is 0 Å². The van der Waals surface area contributed by atoms with E-state index in [2.05, 4.69) is 28.2 Å². The first kappa shape index (κ1) is 25.2. The Morgan fingerprint density at radius 2 is 1.94 bits per heavy atom. The Morgan fingerprint density at radius 1 is 1.17 bits per heavy atom. The SMILES string of the molecule is COC(=O)[C@@H](C)Cn1c(=O)[nH]/c(=N\c2cccc(C3C=CCCC3)c2)n(Cc2ccc(C)cc2)c1=O. The number of ether oxygens (including phenoxy) is 1. The molecule has 4 rings (SSSR count). The van der Waals surface area contributed by atoms with E-state index in [1.807, 2.05) is 49.4 Å². The lowest BCUT2D eigenvalue weighted by atomic mass is 9.89. The van der Waals surface area contributed by atoms with Crippen LogP contribution in [0, 0.1) is 12.8 Å². The fourth-order valence-corrected chi connectivity index (χ4v) is 4.41. The molecule has 0 saturated heterocycles. The maximum Gasteiger partial charge on any atom is 0.335 e. The van der Waals surface area contributed by atoms with Crippen molar-refractivity contribution in [3.05, 3.63) is 104 Å². The molecule has 0 fully saturated rings. The van der Waals surface area contributed by atoms with Gasteiger partial charge in [0.15, 0.2) is 0 Å². The van der Waals surface area contributed by atoms with Gasteiger partial charge in [-0.25, -0.2) is 19.1 Å². The summed E-state index contributed by atoms with van der Waals surface area (Å²) in [6.45, 7) is 3.73. The van der Waals surface area contributed by atoms with Crippen LogP contribution in [-0.2, 0) is 22.6 Å². The number of allylic oxidation sites excluding steroid dienone is 2. The number of H-pyrrole nitrogens is 1. The molecule has 1 aromatic heterocycles. The van der Waals surface area contributed by atoms with Crippen molar-refractivity contribution in [1.82, 2.24) is 14.1 Å². The molecule has 8 heteroatoms. The third-order valence-electron chi connectivity index (χ3n) is 6.49. The summed E-state index contributed by atoms with van der Waals surface area (Å²) in [6, 6.07) is 15.7. The zero-order valence-electron chi connectivity index (χ0n) is 20.9. The van der Waals surface area contributed by atoms with Crippen molar-refractivity contribution in [3.63, 3.8) is 0 Å². The van der Waals surface area contributed by atoms with Gasteiger partial charge in [0.05, 0.1) is 25.3 Å². The highest BCUT2D eigenvalue weighted by atomic mass is 16.5. The van der Waals surface area contributed by atoms with Crippen molar-refractivity contribution in [2.45, 2.75) is 52.1 Å². The van der Waals surface area contributed by atoms with E-state index in [-0.39, 0.29) is 18.7 Å². The van der Waals surface area contributed by atoms with E-state index < -0.39 is 23.3 Å². The summed E-state index contributed by atoms with van der Waals surface area (Å²) >= 11 is 0. The van der Waals surface area contributed by atoms with Crippen LogP contribution in [0.5, 0.6) is 0 Å². The van der Waals surface area contributed by atoms with Crippen LogP contribution in [0.25, 0.3) is 0 Å². The number of aromatic nitrogens is 3. The highest BCUT2D eigenvalue weighted by Gasteiger charge is 2.18. The Labute approximate surface area is 209 Å². The van der Waals surface area contributed by atoms with Gasteiger partial charge < -0.3 is 4.74 Å². The second-order valence-electron chi connectivity index (χ2n) is 9.32. The molecule has 1 heterocycles. The van der Waals surface area contributed by atoms with E-state index in [0.29, 0.717) is 11.6 Å². The van der Waals surface area contributed by atoms with Gasteiger partial charge in [0.25, 0.3) is 0 Å². The van der Waals surface area contributed by atoms with Crippen molar-refractivity contribution >= 4 is 11.7 Å². The Kier molecular flexibility index (Phi) is 7.83. The number of hydrogen-bond donors (Lipinski definition) is 1. The lowest BCUT2D eigenvalue weighted by Gasteiger charge is -2.17. The summed E-state index contributed by atoms with van der Waals surface area (Å²) in [7, 11) is 1.28. The average molecular weight is 489 g/mol. The van der Waals surface area contributed by atoms with Gasteiger partial charge in [0.1, 0.15) is 0 Å². The molecular weight excluding hydrogens is 456 g/mol. The Hall–Kier alpha value is -3.94. The molecule has 1 aliphatic rings. The van der Waals surface area contributed by atoms with Crippen LogP contribution >= 0.6 is 0 Å². The molecular formula is C28H32N4O4. The van der Waals surface area contributed by atoms with Gasteiger partial charge in [-0.2, -0.15) is 0 Å². The van der Waals surface area contributed by atoms with Crippen LogP contribution < -0.4 is 17.0 Å². The van der Waals surface area contributed by atoms with Crippen molar-refractivity contribution in [2.75, 3.05) is 7.11 Å². The lowest BCUT2D eigenvalue weighted by molar-refractivity contribution is -0.145. The Bertz CT molecular complexity index is 1440. The minimum Gasteiger partial charge on any atom is -0.469 e. The van der Waals surface area contributed by atoms with E-state index >= 15 is 0 Å². The maximum atomic E-state index is 13.5. The number of hydrogen-bond acceptors (Lipinski definition) is 5. The molecule has 2 atom stereocenters. The fourth-order valence-electron chi connectivity index (χ4n) is 4.41. The summed E-state index contributed by atoms with van der Waals surface area (Å²) in [4.78, 5) is 45.8. The van der Waals surface area contributed by atoms with Crippen LogP contribution in [0.15, 0.2) is 75.3 Å². The van der Waals surface area contributed by atoms with Crippen LogP contribution in [0.4, 0.5) is 5.69 Å². The van der Waals surface area contributed by atoms with Crippen molar-refractivity contribution in [2.24, 2.45) is 10.9 Å². The first-order chi connectivity index (χ1) is 17.4. The second-order valence-corrected chi connectivity index (χ2v) is 9.32. The summed E-state index contributed by atoms with van der Waals surface area (Å²) in [5, 5.41) is 0. The van der Waals surface area contributed by atoms with Gasteiger partial charge in [-0.05, 0) is 49.4 Å². The first-order valence-corrected chi connectivity index (χ1v) is 12.2. The predicted octanol–water partition coefficient (Wildman–Crippen LogP) is 3.56. The molecule has 0 aliphatic heterocycles.